The summed E-state index contributed by atoms with van der Waals surface area (Å²) in [4.78, 5) is 12.3. The molecule has 0 bridgehead atoms. The summed E-state index contributed by atoms with van der Waals surface area (Å²) in [5, 5.41) is 16.6. The molecule has 5 heteroatoms. The molecule has 1 amide bonds. The van der Waals surface area contributed by atoms with Crippen molar-refractivity contribution in [2.45, 2.75) is 44.1 Å². The molecule has 0 saturated heterocycles. The van der Waals surface area contributed by atoms with Gasteiger partial charge in [-0.1, -0.05) is 31.4 Å². The number of hydrogen-bond acceptors (Lipinski definition) is 3. The Morgan fingerprint density at radius 3 is 2.61 bits per heavy atom. The van der Waals surface area contributed by atoms with Crippen LogP contribution in [0.25, 0.3) is 5.69 Å². The molecule has 1 fully saturated rings. The molecule has 1 aromatic heterocycles. The third-order valence-corrected chi connectivity index (χ3v) is 4.37. The Hall–Kier alpha value is -2.61. The molecule has 0 unspecified atom stereocenters. The molecule has 1 N–H and O–H groups in total. The van der Waals surface area contributed by atoms with Crippen molar-refractivity contribution in [2.75, 3.05) is 0 Å². The zero-order valence-electron chi connectivity index (χ0n) is 13.0. The van der Waals surface area contributed by atoms with E-state index in [-0.39, 0.29) is 5.91 Å². The molecule has 0 spiro atoms. The van der Waals surface area contributed by atoms with Gasteiger partial charge in [-0.05, 0) is 36.6 Å². The second kappa shape index (κ2) is 6.66. The van der Waals surface area contributed by atoms with Gasteiger partial charge in [0.2, 0.25) is 5.91 Å². The van der Waals surface area contributed by atoms with Gasteiger partial charge < -0.3 is 5.32 Å². The number of nitrogens with zero attached hydrogens (tertiary/aromatic N) is 3. The van der Waals surface area contributed by atoms with Crippen LogP contribution >= 0.6 is 0 Å². The van der Waals surface area contributed by atoms with E-state index in [4.69, 9.17) is 0 Å². The quantitative estimate of drug-likeness (QED) is 0.944. The summed E-state index contributed by atoms with van der Waals surface area (Å²) >= 11 is 0. The summed E-state index contributed by atoms with van der Waals surface area (Å²) in [6.07, 6.45) is 8.57. The molecule has 1 heterocycles. The highest BCUT2D eigenvalue weighted by Crippen LogP contribution is 2.27. The minimum absolute atomic E-state index is 0.0831. The van der Waals surface area contributed by atoms with Crippen molar-refractivity contribution in [1.29, 1.82) is 5.26 Å². The van der Waals surface area contributed by atoms with E-state index in [2.05, 4.69) is 16.5 Å². The van der Waals surface area contributed by atoms with E-state index in [0.29, 0.717) is 6.42 Å². The Balaban J connectivity index is 1.62. The minimum Gasteiger partial charge on any atom is -0.338 e. The summed E-state index contributed by atoms with van der Waals surface area (Å²) in [7, 11) is 0. The summed E-state index contributed by atoms with van der Waals surface area (Å²) < 4.78 is 1.77. The van der Waals surface area contributed by atoms with Gasteiger partial charge >= 0.3 is 0 Å². The van der Waals surface area contributed by atoms with Gasteiger partial charge in [-0.15, -0.1) is 0 Å². The summed E-state index contributed by atoms with van der Waals surface area (Å²) in [6.45, 7) is 0. The molecular weight excluding hydrogens is 288 g/mol. The van der Waals surface area contributed by atoms with Crippen molar-refractivity contribution in [3.05, 3.63) is 48.3 Å². The van der Waals surface area contributed by atoms with Crippen LogP contribution in [0.2, 0.25) is 0 Å². The maximum absolute atomic E-state index is 12.3. The molecule has 5 nitrogen and oxygen atoms in total. The number of rotatable bonds is 4. The number of aromatic nitrogens is 2. The van der Waals surface area contributed by atoms with Crippen LogP contribution in [-0.4, -0.2) is 21.2 Å². The molecule has 3 rings (SSSR count). The van der Waals surface area contributed by atoms with Gasteiger partial charge in [-0.25, -0.2) is 4.68 Å². The van der Waals surface area contributed by atoms with E-state index in [1.54, 1.807) is 10.9 Å². The van der Waals surface area contributed by atoms with Crippen LogP contribution in [0, 0.1) is 11.3 Å². The summed E-state index contributed by atoms with van der Waals surface area (Å²) in [5.41, 5.74) is 1.23. The molecule has 1 aliphatic carbocycles. The van der Waals surface area contributed by atoms with Crippen molar-refractivity contribution in [3.63, 3.8) is 0 Å². The third-order valence-electron chi connectivity index (χ3n) is 4.37. The van der Waals surface area contributed by atoms with Crippen molar-refractivity contribution in [2.24, 2.45) is 0 Å². The Labute approximate surface area is 135 Å². The number of benzene rings is 1. The Kier molecular flexibility index (Phi) is 4.42. The smallest absolute Gasteiger partial charge is 0.225 e. The third kappa shape index (κ3) is 3.59. The zero-order chi connectivity index (χ0) is 16.1. The minimum atomic E-state index is -0.662. The molecule has 1 aliphatic rings. The van der Waals surface area contributed by atoms with Crippen molar-refractivity contribution in [3.8, 4) is 11.8 Å². The zero-order valence-corrected chi connectivity index (χ0v) is 13.0. The SMILES string of the molecule is N#CC1(NC(=O)Cc2ccc(-n3cccn3)cc2)CCCCC1. The maximum atomic E-state index is 12.3. The summed E-state index contributed by atoms with van der Waals surface area (Å²) in [5.74, 6) is -0.0831. The molecule has 1 saturated carbocycles. The summed E-state index contributed by atoms with van der Waals surface area (Å²) in [6, 6.07) is 11.9. The van der Waals surface area contributed by atoms with Crippen LogP contribution in [0.5, 0.6) is 0 Å². The molecule has 23 heavy (non-hydrogen) atoms. The van der Waals surface area contributed by atoms with E-state index in [1.807, 2.05) is 36.5 Å². The van der Waals surface area contributed by atoms with Crippen LogP contribution in [0.3, 0.4) is 0 Å². The second-order valence-corrected chi connectivity index (χ2v) is 6.10. The van der Waals surface area contributed by atoms with Gasteiger partial charge in [-0.2, -0.15) is 10.4 Å². The first-order valence-electron chi connectivity index (χ1n) is 8.02. The van der Waals surface area contributed by atoms with Gasteiger partial charge in [-0.3, -0.25) is 4.79 Å². The highest BCUT2D eigenvalue weighted by Gasteiger charge is 2.33. The molecular formula is C18H20N4O. The van der Waals surface area contributed by atoms with Crippen LogP contribution in [0.15, 0.2) is 42.7 Å². The van der Waals surface area contributed by atoms with E-state index in [9.17, 15) is 10.1 Å². The van der Waals surface area contributed by atoms with Gasteiger partial charge in [0.05, 0.1) is 18.2 Å². The number of carbonyl (C=O) groups excluding carboxylic acids is 1. The lowest BCUT2D eigenvalue weighted by Gasteiger charge is -2.31. The van der Waals surface area contributed by atoms with Crippen LogP contribution < -0.4 is 5.32 Å². The van der Waals surface area contributed by atoms with Crippen molar-refractivity contribution in [1.82, 2.24) is 15.1 Å². The standard InChI is InChI=1S/C18H20N4O/c19-14-18(9-2-1-3-10-18)21-17(23)13-15-5-7-16(8-6-15)22-12-4-11-20-22/h4-8,11-12H,1-3,9-10,13H2,(H,21,23). The van der Waals surface area contributed by atoms with Gasteiger partial charge in [0.15, 0.2) is 0 Å². The normalized spacial score (nSPS) is 16.5. The number of carbonyl (C=O) groups is 1. The average molecular weight is 308 g/mol. The maximum Gasteiger partial charge on any atom is 0.225 e. The van der Waals surface area contributed by atoms with Crippen LogP contribution in [0.4, 0.5) is 0 Å². The van der Waals surface area contributed by atoms with E-state index >= 15 is 0 Å². The molecule has 118 valence electrons. The number of amides is 1. The van der Waals surface area contributed by atoms with Gasteiger partial charge in [0.25, 0.3) is 0 Å². The first-order chi connectivity index (χ1) is 11.2. The van der Waals surface area contributed by atoms with Crippen LogP contribution in [0.1, 0.15) is 37.7 Å². The van der Waals surface area contributed by atoms with Crippen molar-refractivity contribution >= 4 is 5.91 Å². The van der Waals surface area contributed by atoms with Gasteiger partial charge in [0, 0.05) is 12.4 Å². The predicted molar refractivity (Wildman–Crippen MR) is 86.8 cm³/mol. The lowest BCUT2D eigenvalue weighted by atomic mass is 9.82. The van der Waals surface area contributed by atoms with E-state index in [0.717, 1.165) is 43.4 Å². The molecule has 2 aromatic rings. The number of hydrogen-bond donors (Lipinski definition) is 1. The average Bonchev–Trinajstić information content (AvgIpc) is 3.11. The predicted octanol–water partition coefficient (Wildman–Crippen LogP) is 2.76. The first-order valence-corrected chi connectivity index (χ1v) is 8.02. The second-order valence-electron chi connectivity index (χ2n) is 6.10. The fourth-order valence-corrected chi connectivity index (χ4v) is 3.10. The lowest BCUT2D eigenvalue weighted by Crippen LogP contribution is -2.49. The Morgan fingerprint density at radius 2 is 2.00 bits per heavy atom. The highest BCUT2D eigenvalue weighted by atomic mass is 16.1. The number of nitriles is 1. The van der Waals surface area contributed by atoms with E-state index < -0.39 is 5.54 Å². The molecule has 0 radical (unpaired) electrons. The van der Waals surface area contributed by atoms with Gasteiger partial charge in [0.1, 0.15) is 5.54 Å². The monoisotopic (exact) mass is 308 g/mol. The van der Waals surface area contributed by atoms with Crippen LogP contribution in [-0.2, 0) is 11.2 Å². The van der Waals surface area contributed by atoms with E-state index in [1.165, 1.54) is 0 Å². The number of nitrogens with one attached hydrogen (secondary N) is 1. The Bertz CT molecular complexity index is 692. The highest BCUT2D eigenvalue weighted by molar-refractivity contribution is 5.79. The topological polar surface area (TPSA) is 70.7 Å². The largest absolute Gasteiger partial charge is 0.338 e. The molecule has 0 atom stereocenters. The fraction of sp³-hybridized carbons (Fsp3) is 0.389. The molecule has 0 aliphatic heterocycles. The molecule has 1 aromatic carbocycles. The fourth-order valence-electron chi connectivity index (χ4n) is 3.10. The Morgan fingerprint density at radius 1 is 1.26 bits per heavy atom. The van der Waals surface area contributed by atoms with Crippen molar-refractivity contribution < 1.29 is 4.79 Å². The lowest BCUT2D eigenvalue weighted by molar-refractivity contribution is -0.122. The first kappa shape index (κ1) is 15.3.